The molecule has 1 aliphatic rings. The first-order chi connectivity index (χ1) is 13.0. The molecule has 2 aromatic rings. The van der Waals surface area contributed by atoms with E-state index in [2.05, 4.69) is 29.4 Å². The number of nitrogens with zero attached hydrogens (tertiary/aromatic N) is 3. The second kappa shape index (κ2) is 8.78. The van der Waals surface area contributed by atoms with E-state index in [9.17, 15) is 4.79 Å². The molecule has 0 bridgehead atoms. The van der Waals surface area contributed by atoms with E-state index in [4.69, 9.17) is 4.74 Å². The summed E-state index contributed by atoms with van der Waals surface area (Å²) in [5, 5.41) is 11.9. The first-order valence-electron chi connectivity index (χ1n) is 9.51. The molecule has 27 heavy (non-hydrogen) atoms. The van der Waals surface area contributed by atoms with Crippen molar-refractivity contribution in [3.63, 3.8) is 0 Å². The zero-order valence-electron chi connectivity index (χ0n) is 16.4. The summed E-state index contributed by atoms with van der Waals surface area (Å²) < 4.78 is 7.29. The quantitative estimate of drug-likeness (QED) is 0.764. The van der Waals surface area contributed by atoms with Crippen molar-refractivity contribution in [1.29, 1.82) is 0 Å². The fourth-order valence-electron chi connectivity index (χ4n) is 3.60. The monoisotopic (exact) mass is 388 g/mol. The minimum atomic E-state index is -0.257. The van der Waals surface area contributed by atoms with Gasteiger partial charge in [0.1, 0.15) is 12.1 Å². The predicted octanol–water partition coefficient (Wildman–Crippen LogP) is 3.70. The summed E-state index contributed by atoms with van der Waals surface area (Å²) in [6.45, 7) is 6.43. The topological polar surface area (TPSA) is 69.0 Å². The fourth-order valence-corrected chi connectivity index (χ4v) is 4.44. The number of methoxy groups -OCH3 is 1. The number of thioether (sulfide) groups is 1. The molecule has 1 aromatic heterocycles. The van der Waals surface area contributed by atoms with Crippen LogP contribution in [0.2, 0.25) is 0 Å². The number of ether oxygens (including phenoxy) is 1. The second-order valence-electron chi connectivity index (χ2n) is 7.30. The van der Waals surface area contributed by atoms with Gasteiger partial charge in [-0.25, -0.2) is 0 Å². The zero-order valence-corrected chi connectivity index (χ0v) is 17.2. The van der Waals surface area contributed by atoms with Gasteiger partial charge in [-0.2, -0.15) is 0 Å². The number of benzene rings is 1. The Hall–Kier alpha value is -2.02. The standard InChI is InChI=1S/C20H28N4O2S/c1-13-8-7-9-16(14(13)2)22-19(25)15(3)27-20-23-21-12-24(20)17-10-5-6-11-18(17)26-4/h5-6,10-16H,7-9H2,1-4H3,(H,22,25). The van der Waals surface area contributed by atoms with E-state index in [-0.39, 0.29) is 17.2 Å². The maximum atomic E-state index is 12.7. The third-order valence-corrected chi connectivity index (χ3v) is 6.60. The van der Waals surface area contributed by atoms with Gasteiger partial charge in [-0.05, 0) is 37.3 Å². The lowest BCUT2D eigenvalue weighted by Crippen LogP contribution is -2.46. The summed E-state index contributed by atoms with van der Waals surface area (Å²) >= 11 is 1.41. The van der Waals surface area contributed by atoms with E-state index in [1.54, 1.807) is 13.4 Å². The lowest BCUT2D eigenvalue weighted by atomic mass is 9.78. The highest BCUT2D eigenvalue weighted by Gasteiger charge is 2.30. The Balaban J connectivity index is 1.69. The number of hydrogen-bond donors (Lipinski definition) is 1. The van der Waals surface area contributed by atoms with Crippen LogP contribution in [-0.2, 0) is 4.79 Å². The van der Waals surface area contributed by atoms with Crippen molar-refractivity contribution in [3.8, 4) is 11.4 Å². The summed E-state index contributed by atoms with van der Waals surface area (Å²) in [4.78, 5) is 12.7. The molecule has 0 saturated heterocycles. The van der Waals surface area contributed by atoms with Crippen molar-refractivity contribution < 1.29 is 9.53 Å². The normalized spacial score (nSPS) is 23.6. The van der Waals surface area contributed by atoms with Crippen LogP contribution in [-0.4, -0.2) is 39.1 Å². The number of carbonyl (C=O) groups is 1. The van der Waals surface area contributed by atoms with Gasteiger partial charge in [0.2, 0.25) is 5.91 Å². The van der Waals surface area contributed by atoms with Crippen LogP contribution in [0, 0.1) is 11.8 Å². The number of rotatable bonds is 6. The third kappa shape index (κ3) is 4.46. The number of para-hydroxylation sites is 2. The second-order valence-corrected chi connectivity index (χ2v) is 8.61. The average Bonchev–Trinajstić information content (AvgIpc) is 3.13. The highest BCUT2D eigenvalue weighted by atomic mass is 32.2. The fraction of sp³-hybridized carbons (Fsp3) is 0.550. The van der Waals surface area contributed by atoms with Crippen LogP contribution in [0.3, 0.4) is 0 Å². The number of amides is 1. The molecule has 7 heteroatoms. The van der Waals surface area contributed by atoms with Gasteiger partial charge in [-0.1, -0.05) is 50.6 Å². The first kappa shape index (κ1) is 19.7. The van der Waals surface area contributed by atoms with Crippen LogP contribution >= 0.6 is 11.8 Å². The summed E-state index contributed by atoms with van der Waals surface area (Å²) in [5.74, 6) is 1.96. The molecule has 1 N–H and O–H groups in total. The van der Waals surface area contributed by atoms with Gasteiger partial charge in [0.25, 0.3) is 0 Å². The molecule has 1 aromatic carbocycles. The van der Waals surface area contributed by atoms with Crippen molar-refractivity contribution in [1.82, 2.24) is 20.1 Å². The molecule has 3 rings (SSSR count). The van der Waals surface area contributed by atoms with Gasteiger partial charge < -0.3 is 10.1 Å². The zero-order chi connectivity index (χ0) is 19.4. The summed E-state index contributed by atoms with van der Waals surface area (Å²) in [7, 11) is 1.64. The van der Waals surface area contributed by atoms with Gasteiger partial charge in [0, 0.05) is 6.04 Å². The Bertz CT molecular complexity index is 779. The predicted molar refractivity (Wildman–Crippen MR) is 107 cm³/mol. The maximum Gasteiger partial charge on any atom is 0.233 e. The molecular formula is C20H28N4O2S. The van der Waals surface area contributed by atoms with E-state index in [0.717, 1.165) is 17.9 Å². The van der Waals surface area contributed by atoms with Crippen molar-refractivity contribution in [2.24, 2.45) is 11.8 Å². The average molecular weight is 389 g/mol. The Morgan fingerprint density at radius 2 is 2.11 bits per heavy atom. The molecule has 1 amide bonds. The SMILES string of the molecule is COc1ccccc1-n1cnnc1SC(C)C(=O)NC1CCCC(C)C1C. The molecule has 1 fully saturated rings. The smallest absolute Gasteiger partial charge is 0.233 e. The van der Waals surface area contributed by atoms with Crippen LogP contribution in [0.25, 0.3) is 5.69 Å². The maximum absolute atomic E-state index is 12.7. The summed E-state index contributed by atoms with van der Waals surface area (Å²) in [6.07, 6.45) is 5.14. The van der Waals surface area contributed by atoms with Crippen LogP contribution in [0.4, 0.5) is 0 Å². The van der Waals surface area contributed by atoms with Gasteiger partial charge in [-0.15, -0.1) is 10.2 Å². The van der Waals surface area contributed by atoms with Gasteiger partial charge in [0.15, 0.2) is 5.16 Å². The molecule has 0 radical (unpaired) electrons. The largest absolute Gasteiger partial charge is 0.495 e. The molecule has 4 atom stereocenters. The van der Waals surface area contributed by atoms with E-state index >= 15 is 0 Å². The van der Waals surface area contributed by atoms with Crippen LogP contribution < -0.4 is 10.1 Å². The van der Waals surface area contributed by atoms with Crippen LogP contribution in [0.1, 0.15) is 40.0 Å². The van der Waals surface area contributed by atoms with E-state index < -0.39 is 0 Å². The third-order valence-electron chi connectivity index (χ3n) is 5.55. The summed E-state index contributed by atoms with van der Waals surface area (Å²) in [6, 6.07) is 7.96. The van der Waals surface area contributed by atoms with Gasteiger partial charge in [-0.3, -0.25) is 9.36 Å². The molecule has 1 saturated carbocycles. The minimum absolute atomic E-state index is 0.0560. The Labute approximate surface area is 165 Å². The van der Waals surface area contributed by atoms with Crippen molar-refractivity contribution in [2.75, 3.05) is 7.11 Å². The number of nitrogens with one attached hydrogen (secondary N) is 1. The van der Waals surface area contributed by atoms with Crippen molar-refractivity contribution in [3.05, 3.63) is 30.6 Å². The number of aromatic nitrogens is 3. The molecule has 146 valence electrons. The van der Waals surface area contributed by atoms with E-state index in [1.165, 1.54) is 24.6 Å². The number of carbonyl (C=O) groups excluding carboxylic acids is 1. The molecule has 6 nitrogen and oxygen atoms in total. The molecule has 0 aliphatic heterocycles. The molecule has 0 spiro atoms. The summed E-state index contributed by atoms with van der Waals surface area (Å²) in [5.41, 5.74) is 0.856. The van der Waals surface area contributed by atoms with Gasteiger partial charge in [0.05, 0.1) is 18.0 Å². The Morgan fingerprint density at radius 1 is 1.33 bits per heavy atom. The molecule has 1 heterocycles. The number of hydrogen-bond acceptors (Lipinski definition) is 5. The Morgan fingerprint density at radius 3 is 2.89 bits per heavy atom. The molecule has 4 unspecified atom stereocenters. The van der Waals surface area contributed by atoms with E-state index in [0.29, 0.717) is 17.0 Å². The van der Waals surface area contributed by atoms with Crippen LogP contribution in [0.15, 0.2) is 35.7 Å². The minimum Gasteiger partial charge on any atom is -0.495 e. The highest BCUT2D eigenvalue weighted by molar-refractivity contribution is 8.00. The van der Waals surface area contributed by atoms with Gasteiger partial charge >= 0.3 is 0 Å². The molecule has 1 aliphatic carbocycles. The Kier molecular flexibility index (Phi) is 6.42. The van der Waals surface area contributed by atoms with Crippen LogP contribution in [0.5, 0.6) is 5.75 Å². The highest BCUT2D eigenvalue weighted by Crippen LogP contribution is 2.31. The first-order valence-corrected chi connectivity index (χ1v) is 10.4. The van der Waals surface area contributed by atoms with E-state index in [1.807, 2.05) is 35.8 Å². The van der Waals surface area contributed by atoms with Crippen molar-refractivity contribution in [2.45, 2.75) is 56.5 Å². The lowest BCUT2D eigenvalue weighted by Gasteiger charge is -2.35. The van der Waals surface area contributed by atoms with Crippen molar-refractivity contribution >= 4 is 17.7 Å². The lowest BCUT2D eigenvalue weighted by molar-refractivity contribution is -0.121. The molecular weight excluding hydrogens is 360 g/mol.